The summed E-state index contributed by atoms with van der Waals surface area (Å²) >= 11 is 0. The van der Waals surface area contributed by atoms with Crippen LogP contribution in [-0.4, -0.2) is 36.0 Å². The Morgan fingerprint density at radius 1 is 1.15 bits per heavy atom. The van der Waals surface area contributed by atoms with Crippen LogP contribution in [0.5, 0.6) is 0 Å². The van der Waals surface area contributed by atoms with E-state index in [0.29, 0.717) is 17.7 Å². The van der Waals surface area contributed by atoms with E-state index in [1.165, 1.54) is 0 Å². The van der Waals surface area contributed by atoms with Gasteiger partial charge in [-0.25, -0.2) is 8.42 Å². The lowest BCUT2D eigenvalue weighted by Crippen LogP contribution is -2.47. The third-order valence-electron chi connectivity index (χ3n) is 4.53. The molecule has 1 aromatic rings. The van der Waals surface area contributed by atoms with Gasteiger partial charge in [-0.1, -0.05) is 17.7 Å². The molecule has 2 bridgehead atoms. The predicted octanol–water partition coefficient (Wildman–Crippen LogP) is 1.98. The number of aryl methyl sites for hydroxylation is 2. The van der Waals surface area contributed by atoms with Gasteiger partial charge in [0.1, 0.15) is 0 Å². The lowest BCUT2D eigenvalue weighted by Gasteiger charge is -2.36. The standard InChI is InChI=1S/C15H21NO3S/c1-10-3-6-15(11(2)7-10)20(18,19)16-12-4-5-13(16)9-14(17)8-12/h3,6-7,12-14,17H,4-5,8-9H2,1-2H3. The molecule has 0 radical (unpaired) electrons. The smallest absolute Gasteiger partial charge is 0.243 e. The fourth-order valence-electron chi connectivity index (χ4n) is 3.70. The first-order valence-corrected chi connectivity index (χ1v) is 8.62. The van der Waals surface area contributed by atoms with Crippen molar-refractivity contribution in [3.8, 4) is 0 Å². The lowest BCUT2D eigenvalue weighted by molar-refractivity contribution is 0.0768. The minimum Gasteiger partial charge on any atom is -0.393 e. The van der Waals surface area contributed by atoms with Crippen LogP contribution in [0.3, 0.4) is 0 Å². The zero-order chi connectivity index (χ0) is 14.5. The van der Waals surface area contributed by atoms with Crippen molar-refractivity contribution in [3.05, 3.63) is 29.3 Å². The van der Waals surface area contributed by atoms with E-state index in [4.69, 9.17) is 0 Å². The van der Waals surface area contributed by atoms with Gasteiger partial charge in [0, 0.05) is 12.1 Å². The summed E-state index contributed by atoms with van der Waals surface area (Å²) in [5.41, 5.74) is 1.87. The van der Waals surface area contributed by atoms with Crippen LogP contribution >= 0.6 is 0 Å². The zero-order valence-electron chi connectivity index (χ0n) is 11.9. The maximum absolute atomic E-state index is 12.9. The number of nitrogens with zero attached hydrogens (tertiary/aromatic N) is 1. The quantitative estimate of drug-likeness (QED) is 0.907. The summed E-state index contributed by atoms with van der Waals surface area (Å²) in [4.78, 5) is 0.413. The number of benzene rings is 1. The van der Waals surface area contributed by atoms with Gasteiger partial charge in [0.2, 0.25) is 10.0 Å². The molecule has 0 saturated carbocycles. The first-order valence-electron chi connectivity index (χ1n) is 7.18. The van der Waals surface area contributed by atoms with Crippen molar-refractivity contribution in [1.29, 1.82) is 0 Å². The highest BCUT2D eigenvalue weighted by molar-refractivity contribution is 7.89. The summed E-state index contributed by atoms with van der Waals surface area (Å²) in [7, 11) is -3.45. The second kappa shape index (κ2) is 4.83. The molecule has 1 N–H and O–H groups in total. The third-order valence-corrected chi connectivity index (χ3v) is 6.69. The Morgan fingerprint density at radius 2 is 1.75 bits per heavy atom. The summed E-state index contributed by atoms with van der Waals surface area (Å²) in [6.07, 6.45) is 2.53. The van der Waals surface area contributed by atoms with Crippen LogP contribution in [0.25, 0.3) is 0 Å². The van der Waals surface area contributed by atoms with E-state index in [1.807, 2.05) is 26.0 Å². The van der Waals surface area contributed by atoms with Crippen LogP contribution in [0, 0.1) is 13.8 Å². The fourth-order valence-corrected chi connectivity index (χ4v) is 5.80. The Labute approximate surface area is 120 Å². The van der Waals surface area contributed by atoms with E-state index in [9.17, 15) is 13.5 Å². The topological polar surface area (TPSA) is 57.6 Å². The molecule has 2 unspecified atom stereocenters. The second-order valence-corrected chi connectivity index (χ2v) is 7.93. The van der Waals surface area contributed by atoms with E-state index < -0.39 is 10.0 Å². The molecule has 2 atom stereocenters. The van der Waals surface area contributed by atoms with Crippen LogP contribution in [0.4, 0.5) is 0 Å². The van der Waals surface area contributed by atoms with Gasteiger partial charge in [-0.05, 0) is 51.2 Å². The summed E-state index contributed by atoms with van der Waals surface area (Å²) in [5.74, 6) is 0. The Balaban J connectivity index is 2.01. The number of piperidine rings is 1. The van der Waals surface area contributed by atoms with Gasteiger partial charge in [-0.3, -0.25) is 0 Å². The number of rotatable bonds is 2. The van der Waals surface area contributed by atoms with Crippen molar-refractivity contribution in [2.45, 2.75) is 62.6 Å². The van der Waals surface area contributed by atoms with Crippen molar-refractivity contribution >= 4 is 10.0 Å². The Bertz CT molecular complexity index is 612. The van der Waals surface area contributed by atoms with E-state index in [0.717, 1.165) is 24.0 Å². The molecule has 20 heavy (non-hydrogen) atoms. The number of fused-ring (bicyclic) bond motifs is 2. The highest BCUT2D eigenvalue weighted by atomic mass is 32.2. The van der Waals surface area contributed by atoms with Crippen molar-refractivity contribution in [2.75, 3.05) is 0 Å². The van der Waals surface area contributed by atoms with Gasteiger partial charge in [0.25, 0.3) is 0 Å². The fraction of sp³-hybridized carbons (Fsp3) is 0.600. The Kier molecular flexibility index (Phi) is 3.39. The molecule has 5 heteroatoms. The zero-order valence-corrected chi connectivity index (χ0v) is 12.7. The van der Waals surface area contributed by atoms with Crippen molar-refractivity contribution in [2.24, 2.45) is 0 Å². The van der Waals surface area contributed by atoms with Crippen LogP contribution in [-0.2, 0) is 10.0 Å². The molecule has 2 fully saturated rings. The highest BCUT2D eigenvalue weighted by Crippen LogP contribution is 2.40. The van der Waals surface area contributed by atoms with Crippen LogP contribution in [0.1, 0.15) is 36.8 Å². The molecule has 4 nitrogen and oxygen atoms in total. The maximum Gasteiger partial charge on any atom is 0.243 e. The predicted molar refractivity (Wildman–Crippen MR) is 77.0 cm³/mol. The number of hydrogen-bond acceptors (Lipinski definition) is 3. The first kappa shape index (κ1) is 14.0. The average molecular weight is 295 g/mol. The molecule has 3 rings (SSSR count). The Hall–Kier alpha value is -0.910. The monoisotopic (exact) mass is 295 g/mol. The van der Waals surface area contributed by atoms with Gasteiger partial charge in [0.15, 0.2) is 0 Å². The van der Waals surface area contributed by atoms with Crippen LogP contribution in [0.15, 0.2) is 23.1 Å². The van der Waals surface area contributed by atoms with E-state index >= 15 is 0 Å². The number of aliphatic hydroxyl groups excluding tert-OH is 1. The molecule has 0 spiro atoms. The van der Waals surface area contributed by atoms with E-state index in [2.05, 4.69) is 0 Å². The van der Waals surface area contributed by atoms with Gasteiger partial charge >= 0.3 is 0 Å². The largest absolute Gasteiger partial charge is 0.393 e. The van der Waals surface area contributed by atoms with Crippen LogP contribution < -0.4 is 0 Å². The highest BCUT2D eigenvalue weighted by Gasteiger charge is 2.47. The van der Waals surface area contributed by atoms with Gasteiger partial charge in [-0.2, -0.15) is 4.31 Å². The summed E-state index contributed by atoms with van der Waals surface area (Å²) in [5, 5.41) is 9.81. The molecule has 1 aromatic carbocycles. The summed E-state index contributed by atoms with van der Waals surface area (Å²) in [6.45, 7) is 3.81. The molecule has 0 amide bonds. The number of sulfonamides is 1. The normalized spacial score (nSPS) is 30.6. The summed E-state index contributed by atoms with van der Waals surface area (Å²) < 4.78 is 27.5. The molecule has 2 aliphatic rings. The third kappa shape index (κ3) is 2.18. The Morgan fingerprint density at radius 3 is 2.30 bits per heavy atom. The number of aliphatic hydroxyl groups is 1. The molecule has 2 heterocycles. The molecular weight excluding hydrogens is 274 g/mol. The molecule has 0 aromatic heterocycles. The molecular formula is C15H21NO3S. The van der Waals surface area contributed by atoms with Gasteiger partial charge in [-0.15, -0.1) is 0 Å². The molecule has 110 valence electrons. The average Bonchev–Trinajstić information content (AvgIpc) is 2.62. The van der Waals surface area contributed by atoms with Crippen molar-refractivity contribution in [1.82, 2.24) is 4.31 Å². The first-order chi connectivity index (χ1) is 9.39. The van der Waals surface area contributed by atoms with Crippen molar-refractivity contribution in [3.63, 3.8) is 0 Å². The van der Waals surface area contributed by atoms with Gasteiger partial charge in [0.05, 0.1) is 11.0 Å². The number of hydrogen-bond donors (Lipinski definition) is 1. The molecule has 0 aliphatic carbocycles. The van der Waals surface area contributed by atoms with E-state index in [1.54, 1.807) is 10.4 Å². The molecule has 2 aliphatic heterocycles. The van der Waals surface area contributed by atoms with E-state index in [-0.39, 0.29) is 18.2 Å². The minimum absolute atomic E-state index is 0.0329. The lowest BCUT2D eigenvalue weighted by atomic mass is 10.0. The van der Waals surface area contributed by atoms with Gasteiger partial charge < -0.3 is 5.11 Å². The van der Waals surface area contributed by atoms with Crippen molar-refractivity contribution < 1.29 is 13.5 Å². The molecule has 2 saturated heterocycles. The van der Waals surface area contributed by atoms with Crippen LogP contribution in [0.2, 0.25) is 0 Å². The minimum atomic E-state index is -3.45. The SMILES string of the molecule is Cc1ccc(S(=O)(=O)N2C3CCC2CC(O)C3)c(C)c1. The summed E-state index contributed by atoms with van der Waals surface area (Å²) in [6, 6.07) is 5.41. The second-order valence-electron chi connectivity index (χ2n) is 6.11. The maximum atomic E-state index is 12.9.